The Morgan fingerprint density at radius 1 is 1.45 bits per heavy atom. The average molecular weight is 177 g/mol. The van der Waals surface area contributed by atoms with Gasteiger partial charge < -0.3 is 0 Å². The monoisotopic (exact) mass is 177 g/mol. The van der Waals surface area contributed by atoms with Gasteiger partial charge in [0, 0.05) is 0 Å². The first-order valence-corrected chi connectivity index (χ1v) is 5.15. The molecule has 0 aromatic carbocycles. The molecule has 0 aromatic rings. The Morgan fingerprint density at radius 3 is 2.64 bits per heavy atom. The van der Waals surface area contributed by atoms with Gasteiger partial charge in [-0.15, -0.1) is 4.52 Å². The summed E-state index contributed by atoms with van der Waals surface area (Å²) < 4.78 is 14.9. The molecule has 2 nitrogen and oxygen atoms in total. The van der Waals surface area contributed by atoms with Crippen LogP contribution in [0.15, 0.2) is 0 Å². The number of rotatable bonds is 7. The Hall–Kier alpha value is 0.0600. The van der Waals surface area contributed by atoms with E-state index in [1.54, 1.807) is 0 Å². The molecular weight excluding hydrogens is 159 g/mol. The highest BCUT2D eigenvalue weighted by atomic mass is 31.1. The van der Waals surface area contributed by atoms with E-state index in [-0.39, 0.29) is 0 Å². The molecule has 2 unspecified atom stereocenters. The second-order valence-electron chi connectivity index (χ2n) is 2.81. The van der Waals surface area contributed by atoms with Crippen molar-refractivity contribution in [1.82, 2.24) is 0 Å². The van der Waals surface area contributed by atoms with Gasteiger partial charge in [-0.2, -0.15) is 0 Å². The SMILES string of the molecule is CCCCC(CC)CO[PH+]=O. The van der Waals surface area contributed by atoms with Crippen molar-refractivity contribution in [3.8, 4) is 0 Å². The molecule has 66 valence electrons. The van der Waals surface area contributed by atoms with Gasteiger partial charge in [-0.05, 0) is 16.9 Å². The maximum atomic E-state index is 10.0. The fraction of sp³-hybridized carbons (Fsp3) is 1.00. The molecule has 0 saturated carbocycles. The molecular formula is C8H18O2P+. The summed E-state index contributed by atoms with van der Waals surface area (Å²) in [5.41, 5.74) is 0. The zero-order chi connectivity index (χ0) is 8.53. The summed E-state index contributed by atoms with van der Waals surface area (Å²) in [6.07, 6.45) is 4.82. The van der Waals surface area contributed by atoms with E-state index in [0.29, 0.717) is 12.5 Å². The van der Waals surface area contributed by atoms with E-state index in [9.17, 15) is 4.57 Å². The fourth-order valence-corrected chi connectivity index (χ4v) is 1.35. The van der Waals surface area contributed by atoms with Crippen LogP contribution in [0, 0.1) is 5.92 Å². The lowest BCUT2D eigenvalue weighted by Crippen LogP contribution is -2.04. The second kappa shape index (κ2) is 8.16. The third-order valence-corrected chi connectivity index (χ3v) is 2.21. The van der Waals surface area contributed by atoms with Crippen molar-refractivity contribution in [1.29, 1.82) is 0 Å². The lowest BCUT2D eigenvalue weighted by Gasteiger charge is -2.08. The zero-order valence-electron chi connectivity index (χ0n) is 7.43. The number of unbranched alkanes of at least 4 members (excludes halogenated alkanes) is 1. The van der Waals surface area contributed by atoms with Gasteiger partial charge >= 0.3 is 8.69 Å². The summed E-state index contributed by atoms with van der Waals surface area (Å²) >= 11 is 0. The Balaban J connectivity index is 3.32. The summed E-state index contributed by atoms with van der Waals surface area (Å²) in [6, 6.07) is 0. The van der Waals surface area contributed by atoms with Gasteiger partial charge in [-0.25, -0.2) is 0 Å². The van der Waals surface area contributed by atoms with Crippen molar-refractivity contribution >= 4 is 8.69 Å². The predicted octanol–water partition coefficient (Wildman–Crippen LogP) is 3.16. The maximum Gasteiger partial charge on any atom is 0.494 e. The van der Waals surface area contributed by atoms with Gasteiger partial charge in [0.2, 0.25) is 0 Å². The normalized spacial score (nSPS) is 13.6. The molecule has 11 heavy (non-hydrogen) atoms. The highest BCUT2D eigenvalue weighted by molar-refractivity contribution is 7.17. The highest BCUT2D eigenvalue weighted by Gasteiger charge is 2.07. The van der Waals surface area contributed by atoms with Gasteiger partial charge in [-0.3, -0.25) is 0 Å². The van der Waals surface area contributed by atoms with Crippen LogP contribution in [-0.4, -0.2) is 6.61 Å². The molecule has 0 N–H and O–H groups in total. The first-order valence-electron chi connectivity index (χ1n) is 4.34. The Bertz CT molecular complexity index is 96.1. The Kier molecular flexibility index (Phi) is 8.20. The molecule has 0 bridgehead atoms. The minimum atomic E-state index is -0.591. The quantitative estimate of drug-likeness (QED) is 0.558. The van der Waals surface area contributed by atoms with Crippen LogP contribution >= 0.6 is 8.69 Å². The largest absolute Gasteiger partial charge is 0.494 e. The molecule has 0 rings (SSSR count). The van der Waals surface area contributed by atoms with E-state index in [2.05, 4.69) is 13.8 Å². The van der Waals surface area contributed by atoms with Crippen molar-refractivity contribution in [2.24, 2.45) is 5.92 Å². The van der Waals surface area contributed by atoms with Crippen LogP contribution in [0.3, 0.4) is 0 Å². The van der Waals surface area contributed by atoms with Crippen LogP contribution < -0.4 is 0 Å². The first-order chi connectivity index (χ1) is 5.35. The van der Waals surface area contributed by atoms with Crippen LogP contribution in [0.4, 0.5) is 0 Å². The standard InChI is InChI=1S/C8H18O2P/c1-3-5-6-8(4-2)7-10-11-9/h8,11H,3-7H2,1-2H3/q+1. The van der Waals surface area contributed by atoms with E-state index in [1.165, 1.54) is 19.3 Å². The fourth-order valence-electron chi connectivity index (χ4n) is 1.05. The van der Waals surface area contributed by atoms with E-state index < -0.39 is 8.69 Å². The molecule has 2 atom stereocenters. The van der Waals surface area contributed by atoms with E-state index >= 15 is 0 Å². The van der Waals surface area contributed by atoms with Crippen molar-refractivity contribution in [3.05, 3.63) is 0 Å². The van der Waals surface area contributed by atoms with Crippen molar-refractivity contribution < 1.29 is 9.09 Å². The molecule has 0 heterocycles. The van der Waals surface area contributed by atoms with Crippen LogP contribution in [0.5, 0.6) is 0 Å². The van der Waals surface area contributed by atoms with Crippen LogP contribution in [0.25, 0.3) is 0 Å². The second-order valence-corrected chi connectivity index (χ2v) is 3.27. The van der Waals surface area contributed by atoms with Crippen molar-refractivity contribution in [2.45, 2.75) is 39.5 Å². The lowest BCUT2D eigenvalue weighted by atomic mass is 10.0. The third kappa shape index (κ3) is 6.46. The summed E-state index contributed by atoms with van der Waals surface area (Å²) in [7, 11) is -0.591. The van der Waals surface area contributed by atoms with Gasteiger partial charge in [-0.1, -0.05) is 33.1 Å². The van der Waals surface area contributed by atoms with Crippen LogP contribution in [-0.2, 0) is 9.09 Å². The van der Waals surface area contributed by atoms with E-state index in [0.717, 1.165) is 6.42 Å². The maximum absolute atomic E-state index is 10.0. The molecule has 0 fully saturated rings. The molecule has 0 aliphatic heterocycles. The summed E-state index contributed by atoms with van der Waals surface area (Å²) in [6.45, 7) is 5.00. The molecule has 0 amide bonds. The number of hydrogen-bond acceptors (Lipinski definition) is 2. The Labute approximate surface area is 70.6 Å². The van der Waals surface area contributed by atoms with Gasteiger partial charge in [0.1, 0.15) is 6.61 Å². The molecule has 3 heteroatoms. The zero-order valence-corrected chi connectivity index (χ0v) is 8.43. The summed E-state index contributed by atoms with van der Waals surface area (Å²) in [5.74, 6) is 0.608. The minimum absolute atomic E-state index is 0.591. The molecule has 0 spiro atoms. The first kappa shape index (κ1) is 11.1. The predicted molar refractivity (Wildman–Crippen MR) is 48.3 cm³/mol. The van der Waals surface area contributed by atoms with E-state index in [1.807, 2.05) is 0 Å². The molecule has 0 saturated heterocycles. The average Bonchev–Trinajstić information content (AvgIpc) is 2.05. The van der Waals surface area contributed by atoms with Crippen molar-refractivity contribution in [3.63, 3.8) is 0 Å². The van der Waals surface area contributed by atoms with Crippen molar-refractivity contribution in [2.75, 3.05) is 6.61 Å². The molecule has 0 aliphatic rings. The minimum Gasteiger partial charge on any atom is -0.148 e. The van der Waals surface area contributed by atoms with Crippen LogP contribution in [0.2, 0.25) is 0 Å². The summed E-state index contributed by atoms with van der Waals surface area (Å²) in [5, 5.41) is 0. The third-order valence-electron chi connectivity index (χ3n) is 1.92. The van der Waals surface area contributed by atoms with Crippen LogP contribution in [0.1, 0.15) is 39.5 Å². The van der Waals surface area contributed by atoms with Gasteiger partial charge in [0.15, 0.2) is 0 Å². The molecule has 0 aliphatic carbocycles. The van der Waals surface area contributed by atoms with Gasteiger partial charge in [0.05, 0.1) is 0 Å². The topological polar surface area (TPSA) is 26.3 Å². The summed E-state index contributed by atoms with van der Waals surface area (Å²) in [4.78, 5) is 0. The van der Waals surface area contributed by atoms with Gasteiger partial charge in [0.25, 0.3) is 0 Å². The lowest BCUT2D eigenvalue weighted by molar-refractivity contribution is 0.251. The molecule has 0 radical (unpaired) electrons. The molecule has 0 aromatic heterocycles. The van der Waals surface area contributed by atoms with E-state index in [4.69, 9.17) is 4.52 Å². The highest BCUT2D eigenvalue weighted by Crippen LogP contribution is 2.14. The Morgan fingerprint density at radius 2 is 2.18 bits per heavy atom. The smallest absolute Gasteiger partial charge is 0.148 e. The number of hydrogen-bond donors (Lipinski definition) is 0.